The van der Waals surface area contributed by atoms with Gasteiger partial charge in [-0.15, -0.1) is 0 Å². The highest BCUT2D eigenvalue weighted by Gasteiger charge is 2.50. The van der Waals surface area contributed by atoms with Gasteiger partial charge in [0.1, 0.15) is 5.76 Å². The lowest BCUT2D eigenvalue weighted by atomic mass is 9.77. The van der Waals surface area contributed by atoms with E-state index in [0.717, 1.165) is 6.92 Å². The van der Waals surface area contributed by atoms with Gasteiger partial charge in [-0.1, -0.05) is 42.3 Å². The van der Waals surface area contributed by atoms with Gasteiger partial charge in [0, 0.05) is 0 Å². The van der Waals surface area contributed by atoms with Crippen LogP contribution < -0.4 is 5.32 Å². The van der Waals surface area contributed by atoms with Crippen molar-refractivity contribution >= 4 is 40.8 Å². The highest BCUT2D eigenvalue weighted by molar-refractivity contribution is 6.33. The summed E-state index contributed by atoms with van der Waals surface area (Å²) in [5, 5.41) is 12.4. The Bertz CT molecular complexity index is 1000. The fourth-order valence-corrected chi connectivity index (χ4v) is 4.49. The molecule has 0 spiro atoms. The van der Waals surface area contributed by atoms with Crippen molar-refractivity contribution < 1.29 is 32.6 Å². The summed E-state index contributed by atoms with van der Waals surface area (Å²) >= 11 is 12.2. The molecule has 0 heterocycles. The minimum atomic E-state index is -4.61. The number of methoxy groups -OCH3 is 1. The summed E-state index contributed by atoms with van der Waals surface area (Å²) in [6, 6.07) is 4.67. The van der Waals surface area contributed by atoms with Crippen molar-refractivity contribution in [3.05, 3.63) is 51.7 Å². The molecule has 1 aromatic carbocycles. The summed E-state index contributed by atoms with van der Waals surface area (Å²) in [4.78, 5) is 24.7. The van der Waals surface area contributed by atoms with Crippen molar-refractivity contribution in [2.24, 2.45) is 23.2 Å². The predicted molar refractivity (Wildman–Crippen MR) is 119 cm³/mol. The quantitative estimate of drug-likeness (QED) is 0.442. The lowest BCUT2D eigenvalue weighted by molar-refractivity contribution is -0.188. The molecule has 3 rings (SSSR count). The van der Waals surface area contributed by atoms with Crippen molar-refractivity contribution in [2.75, 3.05) is 12.4 Å². The Morgan fingerprint density at radius 2 is 1.97 bits per heavy atom. The van der Waals surface area contributed by atoms with Crippen LogP contribution in [0.5, 0.6) is 0 Å². The molecule has 0 saturated heterocycles. The summed E-state index contributed by atoms with van der Waals surface area (Å²) in [5.41, 5.74) is -0.0682. The zero-order chi connectivity index (χ0) is 24.6. The standard InChI is InChI=1S/C23H24Cl2F3NO4/c1-12(23(26,27)28)19(14-4-6-16(25)18(10-14)33-2)20(30)29-17-9-13(3-5-15(17)24)11-22(7-8-22)21(31)32/h3,5-6,9-10,12,14,19H,4,7-8,11H2,1-2H3,(H,29,30)(H,31,32)/t12-,14?,19+/m1/s1. The number of carbonyl (C=O) groups is 2. The van der Waals surface area contributed by atoms with Crippen LogP contribution >= 0.6 is 23.2 Å². The summed E-state index contributed by atoms with van der Waals surface area (Å²) in [5.74, 6) is -5.75. The van der Waals surface area contributed by atoms with Crippen molar-refractivity contribution in [3.8, 4) is 0 Å². The van der Waals surface area contributed by atoms with Crippen LogP contribution in [0.25, 0.3) is 0 Å². The Kier molecular flexibility index (Phi) is 7.39. The van der Waals surface area contributed by atoms with Crippen LogP contribution in [0.15, 0.2) is 41.1 Å². The predicted octanol–water partition coefficient (Wildman–Crippen LogP) is 6.17. The van der Waals surface area contributed by atoms with Gasteiger partial charge in [0.2, 0.25) is 5.91 Å². The zero-order valence-electron chi connectivity index (χ0n) is 18.0. The Morgan fingerprint density at radius 3 is 2.52 bits per heavy atom. The molecule has 0 aromatic heterocycles. The maximum atomic E-state index is 13.7. The van der Waals surface area contributed by atoms with Crippen LogP contribution in [-0.2, 0) is 20.7 Å². The smallest absolute Gasteiger partial charge is 0.392 e. The summed E-state index contributed by atoms with van der Waals surface area (Å²) in [7, 11) is 1.35. The Morgan fingerprint density at radius 1 is 1.30 bits per heavy atom. The van der Waals surface area contributed by atoms with E-state index in [1.165, 1.54) is 31.4 Å². The van der Waals surface area contributed by atoms with Crippen LogP contribution in [0.1, 0.15) is 31.7 Å². The van der Waals surface area contributed by atoms with Crippen molar-refractivity contribution in [1.29, 1.82) is 0 Å². The first kappa shape index (κ1) is 25.4. The molecule has 5 nitrogen and oxygen atoms in total. The summed E-state index contributed by atoms with van der Waals surface area (Å²) in [6.07, 6.45) is -0.164. The molecule has 0 radical (unpaired) electrons. The average molecular weight is 506 g/mol. The first-order chi connectivity index (χ1) is 15.4. The number of amides is 1. The SMILES string of the molecule is COC1=CC([C@@H](C(=O)Nc2cc(CC3(C(=O)O)CC3)ccc2Cl)[C@@H](C)C(F)(F)F)CC=C1Cl. The maximum Gasteiger partial charge on any atom is 0.392 e. The fourth-order valence-electron chi connectivity index (χ4n) is 4.10. The molecule has 1 unspecified atom stereocenters. The number of aliphatic carboxylic acids is 1. The third-order valence-corrected chi connectivity index (χ3v) is 7.02. The number of carboxylic acids is 1. The molecule has 2 aliphatic rings. The minimum absolute atomic E-state index is 0.138. The lowest BCUT2D eigenvalue weighted by Crippen LogP contribution is -2.40. The number of hydrogen-bond acceptors (Lipinski definition) is 3. The number of alkyl halides is 3. The normalized spacial score (nSPS) is 21.4. The van der Waals surface area contributed by atoms with Gasteiger partial charge in [0.25, 0.3) is 0 Å². The van der Waals surface area contributed by atoms with E-state index in [-0.39, 0.29) is 34.3 Å². The fraction of sp³-hybridized carbons (Fsp3) is 0.478. The maximum absolute atomic E-state index is 13.7. The van der Waals surface area contributed by atoms with Crippen LogP contribution in [0.3, 0.4) is 0 Å². The van der Waals surface area contributed by atoms with Gasteiger partial charge < -0.3 is 15.2 Å². The van der Waals surface area contributed by atoms with Crippen molar-refractivity contribution in [2.45, 2.75) is 38.8 Å². The molecule has 1 amide bonds. The second kappa shape index (κ2) is 9.58. The minimum Gasteiger partial charge on any atom is -0.496 e. The monoisotopic (exact) mass is 505 g/mol. The molecule has 1 fully saturated rings. The number of anilines is 1. The van der Waals surface area contributed by atoms with Gasteiger partial charge in [0.05, 0.1) is 40.1 Å². The van der Waals surface area contributed by atoms with Gasteiger partial charge in [-0.3, -0.25) is 9.59 Å². The first-order valence-corrected chi connectivity index (χ1v) is 11.1. The number of halogens is 5. The topological polar surface area (TPSA) is 75.6 Å². The highest BCUT2D eigenvalue weighted by atomic mass is 35.5. The van der Waals surface area contributed by atoms with E-state index < -0.39 is 41.2 Å². The van der Waals surface area contributed by atoms with Crippen molar-refractivity contribution in [1.82, 2.24) is 0 Å². The van der Waals surface area contributed by atoms with Crippen LogP contribution in [0.2, 0.25) is 5.02 Å². The number of benzene rings is 1. The molecular weight excluding hydrogens is 482 g/mol. The highest BCUT2D eigenvalue weighted by Crippen LogP contribution is 2.49. The van der Waals surface area contributed by atoms with E-state index in [1.54, 1.807) is 6.07 Å². The number of allylic oxidation sites excluding steroid dienone is 3. The summed E-state index contributed by atoms with van der Waals surface area (Å²) < 4.78 is 46.1. The average Bonchev–Trinajstić information content (AvgIpc) is 3.52. The van der Waals surface area contributed by atoms with Crippen LogP contribution in [0.4, 0.5) is 18.9 Å². The number of rotatable bonds is 8. The molecule has 0 bridgehead atoms. The number of hydrogen-bond donors (Lipinski definition) is 2. The van der Waals surface area contributed by atoms with E-state index in [9.17, 15) is 27.9 Å². The largest absolute Gasteiger partial charge is 0.496 e. The second-order valence-electron chi connectivity index (χ2n) is 8.61. The van der Waals surface area contributed by atoms with Gasteiger partial charge in [-0.05, 0) is 55.4 Å². The number of carboxylic acid groups (broad SMARTS) is 1. The second-order valence-corrected chi connectivity index (χ2v) is 9.42. The molecule has 2 N–H and O–H groups in total. The van der Waals surface area contributed by atoms with Gasteiger partial charge in [-0.2, -0.15) is 13.2 Å². The number of carbonyl (C=O) groups excluding carboxylic acids is 1. The Labute approximate surface area is 199 Å². The molecule has 10 heteroatoms. The van der Waals surface area contributed by atoms with E-state index in [1.807, 2.05) is 0 Å². The zero-order valence-corrected chi connectivity index (χ0v) is 19.5. The van der Waals surface area contributed by atoms with Gasteiger partial charge >= 0.3 is 12.1 Å². The molecule has 1 saturated carbocycles. The first-order valence-electron chi connectivity index (χ1n) is 10.4. The molecule has 1 aromatic rings. The van der Waals surface area contributed by atoms with Gasteiger partial charge in [0.15, 0.2) is 0 Å². The molecular formula is C23H24Cl2F3NO4. The number of ether oxygens (including phenoxy) is 1. The third kappa shape index (κ3) is 5.66. The van der Waals surface area contributed by atoms with Crippen LogP contribution in [0, 0.1) is 23.2 Å². The van der Waals surface area contributed by atoms with E-state index in [4.69, 9.17) is 27.9 Å². The van der Waals surface area contributed by atoms with E-state index in [2.05, 4.69) is 5.32 Å². The molecule has 2 aliphatic carbocycles. The van der Waals surface area contributed by atoms with E-state index in [0.29, 0.717) is 18.4 Å². The Hall–Kier alpha value is -2.19. The molecule has 0 aliphatic heterocycles. The van der Waals surface area contributed by atoms with Crippen LogP contribution in [-0.4, -0.2) is 30.3 Å². The van der Waals surface area contributed by atoms with Gasteiger partial charge in [-0.25, -0.2) is 0 Å². The molecule has 180 valence electrons. The Balaban J connectivity index is 1.87. The molecule has 33 heavy (non-hydrogen) atoms. The third-order valence-electron chi connectivity index (χ3n) is 6.35. The number of nitrogens with one attached hydrogen (secondary N) is 1. The lowest BCUT2D eigenvalue weighted by Gasteiger charge is -2.32. The summed E-state index contributed by atoms with van der Waals surface area (Å²) in [6.45, 7) is 0.965. The van der Waals surface area contributed by atoms with E-state index >= 15 is 0 Å². The van der Waals surface area contributed by atoms with Crippen molar-refractivity contribution in [3.63, 3.8) is 0 Å². The molecule has 3 atom stereocenters.